The molecule has 26 heavy (non-hydrogen) atoms. The molecular weight excluding hydrogens is 330 g/mol. The molecule has 0 aromatic heterocycles. The summed E-state index contributed by atoms with van der Waals surface area (Å²) in [5.41, 5.74) is 3.55. The Labute approximate surface area is 153 Å². The SMILES string of the molecule is CCc1cccc(C)c1NC(=O)COC(=O)/C=C/c1ccccc1OC. The van der Waals surface area contributed by atoms with E-state index in [4.69, 9.17) is 9.47 Å². The molecule has 5 heteroatoms. The van der Waals surface area contributed by atoms with Gasteiger partial charge in [0, 0.05) is 17.3 Å². The highest BCUT2D eigenvalue weighted by molar-refractivity contribution is 5.95. The number of aryl methyl sites for hydroxylation is 2. The van der Waals surface area contributed by atoms with Crippen LogP contribution in [0, 0.1) is 6.92 Å². The van der Waals surface area contributed by atoms with E-state index in [9.17, 15) is 9.59 Å². The number of carbonyl (C=O) groups is 2. The smallest absolute Gasteiger partial charge is 0.331 e. The van der Waals surface area contributed by atoms with Crippen molar-refractivity contribution in [2.75, 3.05) is 19.0 Å². The molecule has 0 saturated carbocycles. The molecule has 1 amide bonds. The lowest BCUT2D eigenvalue weighted by molar-refractivity contribution is -0.142. The van der Waals surface area contributed by atoms with E-state index in [1.807, 2.05) is 50.2 Å². The number of amides is 1. The number of carbonyl (C=O) groups excluding carboxylic acids is 2. The van der Waals surface area contributed by atoms with E-state index in [0.717, 1.165) is 28.8 Å². The second-order valence-corrected chi connectivity index (χ2v) is 5.69. The molecule has 0 atom stereocenters. The van der Waals surface area contributed by atoms with E-state index >= 15 is 0 Å². The summed E-state index contributed by atoms with van der Waals surface area (Å²) in [6.07, 6.45) is 3.67. The maximum atomic E-state index is 12.1. The number of hydrogen-bond donors (Lipinski definition) is 1. The molecule has 0 unspecified atom stereocenters. The van der Waals surface area contributed by atoms with Gasteiger partial charge in [0.05, 0.1) is 7.11 Å². The monoisotopic (exact) mass is 353 g/mol. The van der Waals surface area contributed by atoms with Gasteiger partial charge in [-0.25, -0.2) is 4.79 Å². The van der Waals surface area contributed by atoms with Crippen LogP contribution in [0.25, 0.3) is 6.08 Å². The summed E-state index contributed by atoms with van der Waals surface area (Å²) in [7, 11) is 1.56. The summed E-state index contributed by atoms with van der Waals surface area (Å²) in [5.74, 6) is -0.305. The van der Waals surface area contributed by atoms with E-state index < -0.39 is 5.97 Å². The predicted molar refractivity (Wildman–Crippen MR) is 102 cm³/mol. The molecule has 0 radical (unpaired) electrons. The molecule has 0 spiro atoms. The second kappa shape index (κ2) is 9.42. The first-order valence-corrected chi connectivity index (χ1v) is 8.41. The molecule has 0 aliphatic carbocycles. The van der Waals surface area contributed by atoms with E-state index in [-0.39, 0.29) is 12.5 Å². The Bertz CT molecular complexity index is 811. The molecular formula is C21H23NO4. The lowest BCUT2D eigenvalue weighted by Crippen LogP contribution is -2.21. The Balaban J connectivity index is 1.91. The van der Waals surface area contributed by atoms with Crippen molar-refractivity contribution >= 4 is 23.6 Å². The van der Waals surface area contributed by atoms with Gasteiger partial charge in [-0.2, -0.15) is 0 Å². The number of hydrogen-bond acceptors (Lipinski definition) is 4. The van der Waals surface area contributed by atoms with Gasteiger partial charge in [-0.3, -0.25) is 4.79 Å². The number of rotatable bonds is 7. The van der Waals surface area contributed by atoms with Crippen LogP contribution < -0.4 is 10.1 Å². The van der Waals surface area contributed by atoms with Crippen molar-refractivity contribution < 1.29 is 19.1 Å². The van der Waals surface area contributed by atoms with Crippen LogP contribution in [0.1, 0.15) is 23.6 Å². The Kier molecular flexibility index (Phi) is 6.97. The lowest BCUT2D eigenvalue weighted by Gasteiger charge is -2.12. The van der Waals surface area contributed by atoms with E-state index in [1.54, 1.807) is 19.3 Å². The standard InChI is InChI=1S/C21H23NO4/c1-4-16-10-7-8-15(2)21(16)22-19(23)14-26-20(24)13-12-17-9-5-6-11-18(17)25-3/h5-13H,4,14H2,1-3H3,(H,22,23)/b13-12+. The molecule has 0 saturated heterocycles. The highest BCUT2D eigenvalue weighted by atomic mass is 16.5. The maximum absolute atomic E-state index is 12.1. The average molecular weight is 353 g/mol. The predicted octanol–water partition coefficient (Wildman–Crippen LogP) is 3.76. The first-order chi connectivity index (χ1) is 12.5. The van der Waals surface area contributed by atoms with Crippen LogP contribution in [0.3, 0.4) is 0 Å². The van der Waals surface area contributed by atoms with Crippen molar-refractivity contribution in [1.82, 2.24) is 0 Å². The van der Waals surface area contributed by atoms with Gasteiger partial charge in [-0.15, -0.1) is 0 Å². The number of nitrogens with one attached hydrogen (secondary N) is 1. The third kappa shape index (κ3) is 5.21. The minimum absolute atomic E-state index is 0.341. The summed E-state index contributed by atoms with van der Waals surface area (Å²) in [6.45, 7) is 3.61. The van der Waals surface area contributed by atoms with Crippen LogP contribution in [-0.2, 0) is 20.7 Å². The molecule has 0 bridgehead atoms. The highest BCUT2D eigenvalue weighted by Gasteiger charge is 2.10. The van der Waals surface area contributed by atoms with Crippen molar-refractivity contribution in [1.29, 1.82) is 0 Å². The summed E-state index contributed by atoms with van der Waals surface area (Å²) in [5, 5.41) is 2.82. The zero-order valence-corrected chi connectivity index (χ0v) is 15.2. The van der Waals surface area contributed by atoms with E-state index in [1.165, 1.54) is 6.08 Å². The number of ether oxygens (including phenoxy) is 2. The van der Waals surface area contributed by atoms with Crippen molar-refractivity contribution in [2.45, 2.75) is 20.3 Å². The van der Waals surface area contributed by atoms with Crippen LogP contribution in [-0.4, -0.2) is 25.6 Å². The molecule has 1 N–H and O–H groups in total. The fraction of sp³-hybridized carbons (Fsp3) is 0.238. The van der Waals surface area contributed by atoms with E-state index in [2.05, 4.69) is 5.32 Å². The topological polar surface area (TPSA) is 64.6 Å². The fourth-order valence-corrected chi connectivity index (χ4v) is 2.52. The molecule has 0 aliphatic rings. The molecule has 136 valence electrons. The first kappa shape index (κ1) is 19.2. The molecule has 0 aliphatic heterocycles. The number of anilines is 1. The third-order valence-corrected chi connectivity index (χ3v) is 3.89. The summed E-state index contributed by atoms with van der Waals surface area (Å²) in [6, 6.07) is 13.1. The van der Waals surface area contributed by atoms with Gasteiger partial charge in [0.2, 0.25) is 0 Å². The van der Waals surface area contributed by atoms with Gasteiger partial charge in [-0.1, -0.05) is 43.3 Å². The Hall–Kier alpha value is -3.08. The minimum atomic E-state index is -0.591. The minimum Gasteiger partial charge on any atom is -0.496 e. The van der Waals surface area contributed by atoms with Crippen LogP contribution in [0.2, 0.25) is 0 Å². The van der Waals surface area contributed by atoms with Crippen molar-refractivity contribution in [3.05, 3.63) is 65.2 Å². The zero-order chi connectivity index (χ0) is 18.9. The lowest BCUT2D eigenvalue weighted by atomic mass is 10.1. The third-order valence-electron chi connectivity index (χ3n) is 3.89. The van der Waals surface area contributed by atoms with Crippen molar-refractivity contribution in [3.8, 4) is 5.75 Å². The van der Waals surface area contributed by atoms with Gasteiger partial charge < -0.3 is 14.8 Å². The summed E-state index contributed by atoms with van der Waals surface area (Å²) < 4.78 is 10.2. The van der Waals surface area contributed by atoms with Crippen LogP contribution in [0.15, 0.2) is 48.5 Å². The number of methoxy groups -OCH3 is 1. The highest BCUT2D eigenvalue weighted by Crippen LogP contribution is 2.21. The molecule has 2 rings (SSSR count). The van der Waals surface area contributed by atoms with Crippen molar-refractivity contribution in [2.24, 2.45) is 0 Å². The number of benzene rings is 2. The summed E-state index contributed by atoms with van der Waals surface area (Å²) in [4.78, 5) is 23.9. The largest absolute Gasteiger partial charge is 0.496 e. The van der Waals surface area contributed by atoms with Crippen LogP contribution >= 0.6 is 0 Å². The van der Waals surface area contributed by atoms with Gasteiger partial charge in [0.1, 0.15) is 5.75 Å². The molecule has 0 heterocycles. The second-order valence-electron chi connectivity index (χ2n) is 5.69. The van der Waals surface area contributed by atoms with Crippen LogP contribution in [0.5, 0.6) is 5.75 Å². The first-order valence-electron chi connectivity index (χ1n) is 8.41. The molecule has 0 fully saturated rings. The van der Waals surface area contributed by atoms with Gasteiger partial charge in [0.15, 0.2) is 6.61 Å². The van der Waals surface area contributed by atoms with Gasteiger partial charge in [0.25, 0.3) is 5.91 Å². The molecule has 2 aromatic carbocycles. The number of esters is 1. The van der Waals surface area contributed by atoms with Gasteiger partial charge >= 0.3 is 5.97 Å². The summed E-state index contributed by atoms with van der Waals surface area (Å²) >= 11 is 0. The quantitative estimate of drug-likeness (QED) is 0.608. The Morgan fingerprint density at radius 3 is 2.62 bits per heavy atom. The Morgan fingerprint density at radius 1 is 1.12 bits per heavy atom. The number of para-hydroxylation sites is 2. The van der Waals surface area contributed by atoms with Gasteiger partial charge in [-0.05, 0) is 36.6 Å². The van der Waals surface area contributed by atoms with Crippen molar-refractivity contribution in [3.63, 3.8) is 0 Å². The fourth-order valence-electron chi connectivity index (χ4n) is 2.52. The average Bonchev–Trinajstić information content (AvgIpc) is 2.66. The molecule has 2 aromatic rings. The molecule has 5 nitrogen and oxygen atoms in total. The van der Waals surface area contributed by atoms with Crippen LogP contribution in [0.4, 0.5) is 5.69 Å². The Morgan fingerprint density at radius 2 is 1.88 bits per heavy atom. The maximum Gasteiger partial charge on any atom is 0.331 e. The zero-order valence-electron chi connectivity index (χ0n) is 15.2. The van der Waals surface area contributed by atoms with E-state index in [0.29, 0.717) is 5.75 Å². The normalized spacial score (nSPS) is 10.6.